The minimum atomic E-state index is -0.299. The van der Waals surface area contributed by atoms with Crippen LogP contribution in [0.2, 0.25) is 0 Å². The first-order valence-corrected chi connectivity index (χ1v) is 10.7. The molecule has 6 heteroatoms. The summed E-state index contributed by atoms with van der Waals surface area (Å²) >= 11 is 1.67. The van der Waals surface area contributed by atoms with Gasteiger partial charge in [-0.25, -0.2) is 9.78 Å². The number of hydrogen-bond donors (Lipinski definition) is 0. The molecule has 0 N–H and O–H groups in total. The first-order valence-electron chi connectivity index (χ1n) is 9.75. The van der Waals surface area contributed by atoms with Crippen molar-refractivity contribution in [3.05, 3.63) is 56.7 Å². The second-order valence-electron chi connectivity index (χ2n) is 7.57. The largest absolute Gasteiger partial charge is 0.422 e. The van der Waals surface area contributed by atoms with Gasteiger partial charge in [-0.2, -0.15) is 0 Å². The molecule has 0 aliphatic carbocycles. The van der Waals surface area contributed by atoms with Gasteiger partial charge in [-0.1, -0.05) is 23.9 Å². The molecule has 1 aliphatic rings. The van der Waals surface area contributed by atoms with E-state index in [0.29, 0.717) is 11.3 Å². The first-order chi connectivity index (χ1) is 13.4. The van der Waals surface area contributed by atoms with Crippen molar-refractivity contribution in [1.82, 2.24) is 9.55 Å². The van der Waals surface area contributed by atoms with Gasteiger partial charge in [0.15, 0.2) is 5.16 Å². The maximum atomic E-state index is 12.1. The summed E-state index contributed by atoms with van der Waals surface area (Å²) in [7, 11) is 0. The summed E-state index contributed by atoms with van der Waals surface area (Å²) in [4.78, 5) is 16.9. The van der Waals surface area contributed by atoms with Crippen LogP contribution in [0.1, 0.15) is 40.9 Å². The number of thioether (sulfide) groups is 1. The van der Waals surface area contributed by atoms with Crippen molar-refractivity contribution in [2.45, 2.75) is 64.1 Å². The summed E-state index contributed by atoms with van der Waals surface area (Å²) in [6.07, 6.45) is 2.50. The van der Waals surface area contributed by atoms with Crippen molar-refractivity contribution in [3.8, 4) is 0 Å². The highest BCUT2D eigenvalue weighted by atomic mass is 32.2. The van der Waals surface area contributed by atoms with E-state index in [9.17, 15) is 4.79 Å². The molecule has 1 aromatic carbocycles. The highest BCUT2D eigenvalue weighted by Crippen LogP contribution is 2.30. The number of ether oxygens (including phenoxy) is 1. The average Bonchev–Trinajstić information content (AvgIpc) is 3.27. The van der Waals surface area contributed by atoms with Gasteiger partial charge in [0.1, 0.15) is 5.58 Å². The lowest BCUT2D eigenvalue weighted by Crippen LogP contribution is -2.16. The lowest BCUT2D eigenvalue weighted by Gasteiger charge is -2.15. The molecule has 3 heterocycles. The van der Waals surface area contributed by atoms with E-state index in [1.807, 2.05) is 26.8 Å². The standard InChI is InChI=1S/C22H26N2O3S/c1-13-7-8-19-17(10-20(25)27-21(19)14(13)2)12-28-22-23-15(3)16(4)24(22)11-18-6-5-9-26-18/h7-8,10,18H,5-6,9,11-12H2,1-4H3/t18-/m0/s1. The number of benzene rings is 1. The summed E-state index contributed by atoms with van der Waals surface area (Å²) in [5.41, 5.74) is 5.75. The molecule has 2 aromatic heterocycles. The molecule has 4 rings (SSSR count). The summed E-state index contributed by atoms with van der Waals surface area (Å²) in [6.45, 7) is 9.88. The van der Waals surface area contributed by atoms with Gasteiger partial charge in [0.25, 0.3) is 0 Å². The van der Waals surface area contributed by atoms with Crippen molar-refractivity contribution in [2.24, 2.45) is 0 Å². The van der Waals surface area contributed by atoms with Crippen LogP contribution < -0.4 is 5.63 Å². The zero-order valence-corrected chi connectivity index (χ0v) is 17.7. The molecule has 1 fully saturated rings. The van der Waals surface area contributed by atoms with E-state index >= 15 is 0 Å². The van der Waals surface area contributed by atoms with Gasteiger partial charge < -0.3 is 13.7 Å². The Hall–Kier alpha value is -2.05. The number of hydrogen-bond acceptors (Lipinski definition) is 5. The molecule has 28 heavy (non-hydrogen) atoms. The molecule has 5 nitrogen and oxygen atoms in total. The van der Waals surface area contributed by atoms with Crippen LogP contribution >= 0.6 is 11.8 Å². The Morgan fingerprint density at radius 3 is 2.82 bits per heavy atom. The van der Waals surface area contributed by atoms with Crippen LogP contribution in [0.25, 0.3) is 11.0 Å². The van der Waals surface area contributed by atoms with E-state index in [2.05, 4.69) is 17.6 Å². The predicted octanol–water partition coefficient (Wildman–Crippen LogP) is 4.69. The van der Waals surface area contributed by atoms with E-state index < -0.39 is 0 Å². The number of imidazole rings is 1. The quantitative estimate of drug-likeness (QED) is 0.461. The second-order valence-corrected chi connectivity index (χ2v) is 8.52. The first kappa shape index (κ1) is 19.3. The average molecular weight is 399 g/mol. The van der Waals surface area contributed by atoms with E-state index in [0.717, 1.165) is 58.9 Å². The lowest BCUT2D eigenvalue weighted by molar-refractivity contribution is 0.0945. The van der Waals surface area contributed by atoms with Crippen LogP contribution in [0, 0.1) is 27.7 Å². The number of fused-ring (bicyclic) bond motifs is 1. The van der Waals surface area contributed by atoms with Gasteiger partial charge in [-0.05, 0) is 57.2 Å². The summed E-state index contributed by atoms with van der Waals surface area (Å²) < 4.78 is 13.6. The molecular weight excluding hydrogens is 372 g/mol. The van der Waals surface area contributed by atoms with Gasteiger partial charge >= 0.3 is 5.63 Å². The Balaban J connectivity index is 1.64. The van der Waals surface area contributed by atoms with Crippen LogP contribution in [0.15, 0.2) is 32.6 Å². The highest BCUT2D eigenvalue weighted by molar-refractivity contribution is 7.98. The topological polar surface area (TPSA) is 57.3 Å². The van der Waals surface area contributed by atoms with E-state index in [1.165, 1.54) is 5.69 Å². The Morgan fingerprint density at radius 1 is 1.25 bits per heavy atom. The molecule has 0 unspecified atom stereocenters. The number of rotatable bonds is 5. The van der Waals surface area contributed by atoms with E-state index in [4.69, 9.17) is 14.1 Å². The Kier molecular flexibility index (Phi) is 5.34. The van der Waals surface area contributed by atoms with Gasteiger partial charge in [0.2, 0.25) is 0 Å². The predicted molar refractivity (Wildman–Crippen MR) is 112 cm³/mol. The van der Waals surface area contributed by atoms with E-state index in [-0.39, 0.29) is 11.7 Å². The van der Waals surface area contributed by atoms with Crippen LogP contribution in [0.3, 0.4) is 0 Å². The second kappa shape index (κ2) is 7.76. The van der Waals surface area contributed by atoms with Gasteiger partial charge in [-0.3, -0.25) is 0 Å². The van der Waals surface area contributed by atoms with E-state index in [1.54, 1.807) is 17.8 Å². The molecule has 148 valence electrons. The molecule has 0 amide bonds. The third kappa shape index (κ3) is 3.63. The Labute approximate surface area is 169 Å². The number of nitrogens with zero attached hydrogens (tertiary/aromatic N) is 2. The monoisotopic (exact) mass is 398 g/mol. The fourth-order valence-corrected chi connectivity index (χ4v) is 4.82. The molecule has 3 aromatic rings. The molecule has 1 saturated heterocycles. The van der Waals surface area contributed by atoms with Crippen LogP contribution in [-0.2, 0) is 17.0 Å². The molecular formula is C22H26N2O3S. The van der Waals surface area contributed by atoms with Gasteiger partial charge in [0.05, 0.1) is 18.3 Å². The molecule has 1 atom stereocenters. The molecule has 0 saturated carbocycles. The fourth-order valence-electron chi connectivity index (χ4n) is 3.73. The maximum Gasteiger partial charge on any atom is 0.336 e. The minimum absolute atomic E-state index is 0.266. The SMILES string of the molecule is Cc1ccc2c(CSc3nc(C)c(C)n3C[C@@H]3CCCO3)cc(=O)oc2c1C. The molecule has 0 bridgehead atoms. The number of aromatic nitrogens is 2. The molecule has 0 spiro atoms. The Bertz CT molecular complexity index is 1080. The normalized spacial score (nSPS) is 16.9. The smallest absolute Gasteiger partial charge is 0.336 e. The molecule has 0 radical (unpaired) electrons. The third-order valence-corrected chi connectivity index (χ3v) is 6.73. The van der Waals surface area contributed by atoms with Crippen LogP contribution in [-0.4, -0.2) is 22.3 Å². The van der Waals surface area contributed by atoms with Gasteiger partial charge in [-0.15, -0.1) is 0 Å². The van der Waals surface area contributed by atoms with Gasteiger partial charge in [0, 0.05) is 29.5 Å². The van der Waals surface area contributed by atoms with Crippen molar-refractivity contribution in [1.29, 1.82) is 0 Å². The highest BCUT2D eigenvalue weighted by Gasteiger charge is 2.20. The minimum Gasteiger partial charge on any atom is -0.422 e. The fraction of sp³-hybridized carbons (Fsp3) is 0.455. The van der Waals surface area contributed by atoms with Crippen molar-refractivity contribution >= 4 is 22.7 Å². The summed E-state index contributed by atoms with van der Waals surface area (Å²) in [5, 5.41) is 1.98. The third-order valence-electron chi connectivity index (χ3n) is 5.71. The number of aryl methyl sites for hydroxylation is 3. The van der Waals surface area contributed by atoms with Crippen molar-refractivity contribution in [2.75, 3.05) is 6.61 Å². The molecule has 1 aliphatic heterocycles. The van der Waals surface area contributed by atoms with Crippen molar-refractivity contribution < 1.29 is 9.15 Å². The van der Waals surface area contributed by atoms with Crippen molar-refractivity contribution in [3.63, 3.8) is 0 Å². The summed E-state index contributed by atoms with van der Waals surface area (Å²) in [5.74, 6) is 0.673. The van der Waals surface area contributed by atoms with Crippen LogP contribution in [0.5, 0.6) is 0 Å². The zero-order valence-electron chi connectivity index (χ0n) is 16.9. The van der Waals surface area contributed by atoms with Crippen LogP contribution in [0.4, 0.5) is 0 Å². The zero-order chi connectivity index (χ0) is 19.8. The summed E-state index contributed by atoms with van der Waals surface area (Å²) in [6, 6.07) is 5.74. The lowest BCUT2D eigenvalue weighted by atomic mass is 10.0. The maximum absolute atomic E-state index is 12.1. The Morgan fingerprint density at radius 2 is 2.07 bits per heavy atom.